The van der Waals surface area contributed by atoms with Gasteiger partial charge in [0.2, 0.25) is 0 Å². The van der Waals surface area contributed by atoms with Crippen LogP contribution >= 0.6 is 0 Å². The van der Waals surface area contributed by atoms with Gasteiger partial charge in [-0.25, -0.2) is 0 Å². The van der Waals surface area contributed by atoms with Crippen LogP contribution in [-0.2, 0) is 0 Å². The molecule has 2 heteroatoms. The molecule has 0 N–H and O–H groups in total. The molecule has 1 unspecified atom stereocenters. The average molecular weight is 165 g/mol. The number of nitrogens with zero attached hydrogens (tertiary/aromatic N) is 1. The zero-order chi connectivity index (χ0) is 8.97. The summed E-state index contributed by atoms with van der Waals surface area (Å²) in [5.41, 5.74) is 1.09. The summed E-state index contributed by atoms with van der Waals surface area (Å²) in [6.45, 7) is 4.05. The summed E-state index contributed by atoms with van der Waals surface area (Å²) in [6.07, 6.45) is 8.38. The van der Waals surface area contributed by atoms with Crippen LogP contribution in [0.15, 0.2) is 29.0 Å². The van der Waals surface area contributed by atoms with Gasteiger partial charge in [-0.3, -0.25) is 0 Å². The summed E-state index contributed by atoms with van der Waals surface area (Å²) in [7, 11) is 0. The van der Waals surface area contributed by atoms with Crippen molar-refractivity contribution in [1.29, 1.82) is 0 Å². The Labute approximate surface area is 73.3 Å². The largest absolute Gasteiger partial charge is 0.150 e. The molecular weight excluding hydrogens is 150 g/mol. The number of rotatable bonds is 3. The van der Waals surface area contributed by atoms with Crippen LogP contribution in [0.3, 0.4) is 0 Å². The van der Waals surface area contributed by atoms with Gasteiger partial charge >= 0.3 is 0 Å². The number of hydrogen-bond acceptors (Lipinski definition) is 2. The smallest absolute Gasteiger partial charge is 0.119 e. The highest BCUT2D eigenvalue weighted by atomic mass is 16.3. The number of hydrogen-bond donors (Lipinski definition) is 0. The molecule has 0 fully saturated rings. The lowest BCUT2D eigenvalue weighted by molar-refractivity contribution is 0.552. The Morgan fingerprint density at radius 1 is 1.42 bits per heavy atom. The lowest BCUT2D eigenvalue weighted by Crippen LogP contribution is -2.14. The second-order valence-electron chi connectivity index (χ2n) is 3.48. The van der Waals surface area contributed by atoms with Crippen molar-refractivity contribution in [2.45, 2.75) is 32.7 Å². The van der Waals surface area contributed by atoms with Crippen LogP contribution in [0.1, 0.15) is 26.7 Å². The first-order chi connectivity index (χ1) is 5.75. The number of allylic oxidation sites excluding steroid dienone is 2. The van der Waals surface area contributed by atoms with Gasteiger partial charge in [0.1, 0.15) is 6.04 Å². The van der Waals surface area contributed by atoms with Crippen molar-refractivity contribution in [1.82, 2.24) is 0 Å². The molecule has 0 amide bonds. The molecule has 66 valence electrons. The van der Waals surface area contributed by atoms with E-state index in [-0.39, 0.29) is 6.04 Å². The second kappa shape index (κ2) is 4.19. The van der Waals surface area contributed by atoms with Gasteiger partial charge in [0.05, 0.1) is 0 Å². The highest BCUT2D eigenvalue weighted by Crippen LogP contribution is 2.21. The number of nitroso groups, excluding NO2 is 1. The summed E-state index contributed by atoms with van der Waals surface area (Å²) in [6, 6.07) is -0.151. The fourth-order valence-corrected chi connectivity index (χ4v) is 1.42. The minimum atomic E-state index is -0.151. The van der Waals surface area contributed by atoms with E-state index in [1.54, 1.807) is 0 Å². The Morgan fingerprint density at radius 2 is 2.17 bits per heavy atom. The molecule has 0 spiro atoms. The van der Waals surface area contributed by atoms with Gasteiger partial charge < -0.3 is 0 Å². The third-order valence-corrected chi connectivity index (χ3v) is 2.11. The molecule has 0 bridgehead atoms. The van der Waals surface area contributed by atoms with Crippen molar-refractivity contribution in [2.24, 2.45) is 11.1 Å². The van der Waals surface area contributed by atoms with E-state index in [2.05, 4.69) is 17.3 Å². The normalized spacial score (nSPS) is 19.1. The zero-order valence-electron chi connectivity index (χ0n) is 7.66. The molecule has 0 saturated carbocycles. The molecule has 1 rings (SSSR count). The van der Waals surface area contributed by atoms with E-state index in [0.717, 1.165) is 18.4 Å². The first kappa shape index (κ1) is 9.17. The van der Waals surface area contributed by atoms with Gasteiger partial charge in [0, 0.05) is 0 Å². The molecule has 0 radical (unpaired) electrons. The molecule has 0 aromatic heterocycles. The van der Waals surface area contributed by atoms with Gasteiger partial charge in [-0.15, -0.1) is 0 Å². The highest BCUT2D eigenvalue weighted by Gasteiger charge is 2.17. The summed E-state index contributed by atoms with van der Waals surface area (Å²) < 4.78 is 0. The second-order valence-corrected chi connectivity index (χ2v) is 3.48. The van der Waals surface area contributed by atoms with Crippen molar-refractivity contribution in [3.05, 3.63) is 28.7 Å². The molecule has 1 aliphatic rings. The fourth-order valence-electron chi connectivity index (χ4n) is 1.42. The Bertz CT molecular complexity index is 216. The third kappa shape index (κ3) is 2.03. The summed E-state index contributed by atoms with van der Waals surface area (Å²) in [4.78, 5) is 10.5. The molecule has 0 heterocycles. The maximum Gasteiger partial charge on any atom is 0.119 e. The summed E-state index contributed by atoms with van der Waals surface area (Å²) in [5, 5.41) is 3.14. The average Bonchev–Trinajstić information content (AvgIpc) is 2.07. The molecule has 12 heavy (non-hydrogen) atoms. The predicted octanol–water partition coefficient (Wildman–Crippen LogP) is 3.05. The molecule has 0 saturated heterocycles. The lowest BCUT2D eigenvalue weighted by Gasteiger charge is -2.15. The summed E-state index contributed by atoms with van der Waals surface area (Å²) >= 11 is 0. The first-order valence-electron chi connectivity index (χ1n) is 4.44. The van der Waals surface area contributed by atoms with Gasteiger partial charge in [-0.2, -0.15) is 4.91 Å². The van der Waals surface area contributed by atoms with Gasteiger partial charge in [-0.1, -0.05) is 37.3 Å². The Balaban J connectivity index is 2.71. The van der Waals surface area contributed by atoms with Crippen LogP contribution in [0.4, 0.5) is 0 Å². The molecular formula is C10H15NO. The fraction of sp³-hybridized carbons (Fsp3) is 0.600. The molecule has 0 aliphatic heterocycles. The topological polar surface area (TPSA) is 29.4 Å². The zero-order valence-corrected chi connectivity index (χ0v) is 7.66. The van der Waals surface area contributed by atoms with Gasteiger partial charge in [0.15, 0.2) is 0 Å². The van der Waals surface area contributed by atoms with E-state index in [1.807, 2.05) is 19.9 Å². The van der Waals surface area contributed by atoms with Crippen LogP contribution in [0.2, 0.25) is 0 Å². The van der Waals surface area contributed by atoms with Crippen LogP contribution < -0.4 is 0 Å². The quantitative estimate of drug-likeness (QED) is 0.591. The van der Waals surface area contributed by atoms with E-state index < -0.39 is 0 Å². The molecule has 1 aliphatic carbocycles. The van der Waals surface area contributed by atoms with E-state index >= 15 is 0 Å². The molecule has 0 aromatic rings. The monoisotopic (exact) mass is 165 g/mol. The SMILES string of the molecule is CC(C)C(N=O)C1=CCCC=C1. The van der Waals surface area contributed by atoms with Gasteiger partial charge in [0.25, 0.3) is 0 Å². The standard InChI is InChI=1S/C10H15NO/c1-8(2)10(11-12)9-6-4-3-5-7-9/h4,6-8,10H,3,5H2,1-2H3. The van der Waals surface area contributed by atoms with E-state index in [9.17, 15) is 4.91 Å². The minimum absolute atomic E-state index is 0.151. The summed E-state index contributed by atoms with van der Waals surface area (Å²) in [5.74, 6) is 0.302. The molecule has 0 aromatic carbocycles. The van der Waals surface area contributed by atoms with E-state index in [1.165, 1.54) is 0 Å². The van der Waals surface area contributed by atoms with Crippen molar-refractivity contribution >= 4 is 0 Å². The molecule has 2 nitrogen and oxygen atoms in total. The minimum Gasteiger partial charge on any atom is -0.150 e. The third-order valence-electron chi connectivity index (χ3n) is 2.11. The predicted molar refractivity (Wildman–Crippen MR) is 50.9 cm³/mol. The lowest BCUT2D eigenvalue weighted by atomic mass is 9.93. The van der Waals surface area contributed by atoms with Crippen LogP contribution in [0.5, 0.6) is 0 Å². The van der Waals surface area contributed by atoms with Crippen molar-refractivity contribution in [2.75, 3.05) is 0 Å². The van der Waals surface area contributed by atoms with E-state index in [0.29, 0.717) is 5.92 Å². The maximum atomic E-state index is 10.5. The maximum absolute atomic E-state index is 10.5. The van der Waals surface area contributed by atoms with Gasteiger partial charge in [-0.05, 0) is 24.3 Å². The molecule has 1 atom stereocenters. The van der Waals surface area contributed by atoms with Crippen LogP contribution in [-0.4, -0.2) is 6.04 Å². The van der Waals surface area contributed by atoms with Crippen LogP contribution in [0.25, 0.3) is 0 Å². The first-order valence-corrected chi connectivity index (χ1v) is 4.44. The Morgan fingerprint density at radius 3 is 2.58 bits per heavy atom. The van der Waals surface area contributed by atoms with Crippen molar-refractivity contribution < 1.29 is 0 Å². The van der Waals surface area contributed by atoms with Crippen molar-refractivity contribution in [3.63, 3.8) is 0 Å². The van der Waals surface area contributed by atoms with Crippen molar-refractivity contribution in [3.8, 4) is 0 Å². The Hall–Kier alpha value is -0.920. The highest BCUT2D eigenvalue weighted by molar-refractivity contribution is 5.28. The Kier molecular flexibility index (Phi) is 3.20. The van der Waals surface area contributed by atoms with E-state index in [4.69, 9.17) is 0 Å². The van der Waals surface area contributed by atoms with Crippen LogP contribution in [0, 0.1) is 10.8 Å².